The number of nitrogens with one attached hydrogen (secondary N) is 2. The number of amides is 2. The third-order valence-electron chi connectivity index (χ3n) is 2.97. The second kappa shape index (κ2) is 8.28. The van der Waals surface area contributed by atoms with Crippen LogP contribution in [0.2, 0.25) is 0 Å². The van der Waals surface area contributed by atoms with E-state index in [1.54, 1.807) is 27.7 Å². The van der Waals surface area contributed by atoms with Crippen molar-refractivity contribution >= 4 is 17.7 Å². The highest BCUT2D eigenvalue weighted by molar-refractivity contribution is 5.95. The number of hydrogen-bond donors (Lipinski definition) is 2. The highest BCUT2D eigenvalue weighted by atomic mass is 16.6. The first-order valence-electron chi connectivity index (χ1n) is 7.60. The lowest BCUT2D eigenvalue weighted by atomic mass is 10.1. The van der Waals surface area contributed by atoms with Gasteiger partial charge in [0, 0.05) is 30.8 Å². The Hall–Kier alpha value is -2.64. The third kappa shape index (κ3) is 6.64. The van der Waals surface area contributed by atoms with Crippen molar-refractivity contribution in [2.75, 3.05) is 13.1 Å². The molecule has 24 heavy (non-hydrogen) atoms. The summed E-state index contributed by atoms with van der Waals surface area (Å²) in [4.78, 5) is 33.6. The van der Waals surface area contributed by atoms with Gasteiger partial charge in [-0.1, -0.05) is 0 Å². The smallest absolute Gasteiger partial charge is 0.407 e. The zero-order chi connectivity index (χ0) is 18.3. The summed E-state index contributed by atoms with van der Waals surface area (Å²) in [5.74, 6) is -0.306. The van der Waals surface area contributed by atoms with E-state index in [2.05, 4.69) is 10.6 Å². The van der Waals surface area contributed by atoms with Gasteiger partial charge >= 0.3 is 6.09 Å². The minimum Gasteiger partial charge on any atom is -0.444 e. The maximum atomic E-state index is 12.0. The Bertz CT molecular complexity index is 623. The van der Waals surface area contributed by atoms with E-state index in [0.29, 0.717) is 30.6 Å². The van der Waals surface area contributed by atoms with Gasteiger partial charge in [0.15, 0.2) is 0 Å². The molecule has 0 saturated heterocycles. The van der Waals surface area contributed by atoms with Crippen LogP contribution in [0.1, 0.15) is 43.1 Å². The van der Waals surface area contributed by atoms with Gasteiger partial charge in [-0.3, -0.25) is 14.9 Å². The molecule has 0 aliphatic carbocycles. The Kier molecular flexibility index (Phi) is 6.69. The van der Waals surface area contributed by atoms with E-state index in [0.717, 1.165) is 0 Å². The van der Waals surface area contributed by atoms with Gasteiger partial charge in [-0.2, -0.15) is 0 Å². The number of aryl methyl sites for hydroxylation is 1. The fourth-order valence-electron chi connectivity index (χ4n) is 1.91. The van der Waals surface area contributed by atoms with Crippen molar-refractivity contribution in [3.05, 3.63) is 39.4 Å². The van der Waals surface area contributed by atoms with Crippen molar-refractivity contribution in [2.24, 2.45) is 0 Å². The van der Waals surface area contributed by atoms with Gasteiger partial charge in [0.1, 0.15) is 5.60 Å². The minimum atomic E-state index is -0.550. The molecule has 132 valence electrons. The van der Waals surface area contributed by atoms with Gasteiger partial charge in [-0.05, 0) is 45.7 Å². The fourth-order valence-corrected chi connectivity index (χ4v) is 1.91. The number of rotatable bonds is 6. The quantitative estimate of drug-likeness (QED) is 0.471. The highest BCUT2D eigenvalue weighted by Gasteiger charge is 2.16. The first-order valence-corrected chi connectivity index (χ1v) is 7.60. The van der Waals surface area contributed by atoms with E-state index in [-0.39, 0.29) is 11.6 Å². The molecule has 0 aliphatic heterocycles. The molecule has 0 saturated carbocycles. The first-order chi connectivity index (χ1) is 11.1. The Balaban J connectivity index is 2.37. The van der Waals surface area contributed by atoms with Crippen LogP contribution in [0.3, 0.4) is 0 Å². The van der Waals surface area contributed by atoms with E-state index in [1.807, 2.05) is 0 Å². The number of nitro groups is 1. The van der Waals surface area contributed by atoms with Crippen molar-refractivity contribution < 1.29 is 19.2 Å². The molecule has 0 aliphatic rings. The lowest BCUT2D eigenvalue weighted by Crippen LogP contribution is -2.34. The van der Waals surface area contributed by atoms with Gasteiger partial charge in [0.05, 0.1) is 4.92 Å². The van der Waals surface area contributed by atoms with Crippen LogP contribution in [0.5, 0.6) is 0 Å². The van der Waals surface area contributed by atoms with Crippen LogP contribution in [0.4, 0.5) is 10.5 Å². The Morgan fingerprint density at radius 2 is 1.83 bits per heavy atom. The summed E-state index contributed by atoms with van der Waals surface area (Å²) < 4.78 is 5.09. The zero-order valence-electron chi connectivity index (χ0n) is 14.3. The number of carbonyl (C=O) groups is 2. The molecule has 0 heterocycles. The molecule has 1 rings (SSSR count). The standard InChI is InChI=1S/C16H23N3O5/c1-11-10-12(19(22)23)6-7-13(11)14(20)17-8-5-9-18-15(21)24-16(2,3)4/h6-7,10H,5,8-9H2,1-4H3,(H,17,20)(H,18,21). The van der Waals surface area contributed by atoms with Crippen molar-refractivity contribution in [1.29, 1.82) is 0 Å². The summed E-state index contributed by atoms with van der Waals surface area (Å²) in [5.41, 5.74) is 0.325. The summed E-state index contributed by atoms with van der Waals surface area (Å²) in [5, 5.41) is 16.0. The number of ether oxygens (including phenoxy) is 1. The lowest BCUT2D eigenvalue weighted by molar-refractivity contribution is -0.384. The van der Waals surface area contributed by atoms with E-state index >= 15 is 0 Å². The minimum absolute atomic E-state index is 0.0504. The topological polar surface area (TPSA) is 111 Å². The maximum Gasteiger partial charge on any atom is 0.407 e. The number of benzene rings is 1. The average Bonchev–Trinajstić information content (AvgIpc) is 2.44. The van der Waals surface area contributed by atoms with Crippen LogP contribution in [0.25, 0.3) is 0 Å². The summed E-state index contributed by atoms with van der Waals surface area (Å²) >= 11 is 0. The van der Waals surface area contributed by atoms with Crippen LogP contribution in [-0.4, -0.2) is 35.6 Å². The van der Waals surface area contributed by atoms with Crippen molar-refractivity contribution in [1.82, 2.24) is 10.6 Å². The molecule has 0 unspecified atom stereocenters. The Morgan fingerprint density at radius 3 is 2.38 bits per heavy atom. The molecule has 8 heteroatoms. The Morgan fingerprint density at radius 1 is 1.21 bits per heavy atom. The van der Waals surface area contributed by atoms with E-state index in [9.17, 15) is 19.7 Å². The van der Waals surface area contributed by atoms with E-state index in [4.69, 9.17) is 4.74 Å². The zero-order valence-corrected chi connectivity index (χ0v) is 14.3. The second-order valence-corrected chi connectivity index (χ2v) is 6.29. The van der Waals surface area contributed by atoms with E-state index < -0.39 is 16.6 Å². The summed E-state index contributed by atoms with van der Waals surface area (Å²) in [6, 6.07) is 4.09. The molecular formula is C16H23N3O5. The molecule has 1 aromatic carbocycles. The lowest BCUT2D eigenvalue weighted by Gasteiger charge is -2.19. The number of alkyl carbamates (subject to hydrolysis) is 1. The van der Waals surface area contributed by atoms with Gasteiger partial charge in [0.2, 0.25) is 0 Å². The highest BCUT2D eigenvalue weighted by Crippen LogP contribution is 2.16. The van der Waals surface area contributed by atoms with Crippen molar-refractivity contribution in [3.8, 4) is 0 Å². The predicted octanol–water partition coefficient (Wildman–Crippen LogP) is 2.55. The number of carbonyl (C=O) groups excluding carboxylic acids is 2. The summed E-state index contributed by atoms with van der Waals surface area (Å²) in [7, 11) is 0. The molecule has 0 spiro atoms. The van der Waals surface area contributed by atoms with Gasteiger partial charge in [-0.25, -0.2) is 4.79 Å². The second-order valence-electron chi connectivity index (χ2n) is 6.29. The molecule has 2 N–H and O–H groups in total. The van der Waals surface area contributed by atoms with Crippen LogP contribution in [0, 0.1) is 17.0 Å². The molecule has 2 amide bonds. The molecule has 0 fully saturated rings. The number of non-ortho nitro benzene ring substituents is 1. The molecular weight excluding hydrogens is 314 g/mol. The molecule has 0 radical (unpaired) electrons. The fraction of sp³-hybridized carbons (Fsp3) is 0.500. The van der Waals surface area contributed by atoms with Gasteiger partial charge in [0.25, 0.3) is 11.6 Å². The summed E-state index contributed by atoms with van der Waals surface area (Å²) in [6.45, 7) is 7.71. The van der Waals surface area contributed by atoms with Crippen LogP contribution in [-0.2, 0) is 4.74 Å². The molecule has 0 aromatic heterocycles. The van der Waals surface area contributed by atoms with Gasteiger partial charge in [-0.15, -0.1) is 0 Å². The Labute approximate surface area is 140 Å². The molecule has 8 nitrogen and oxygen atoms in total. The van der Waals surface area contributed by atoms with Crippen molar-refractivity contribution in [3.63, 3.8) is 0 Å². The molecule has 0 bridgehead atoms. The van der Waals surface area contributed by atoms with Crippen LogP contribution in [0.15, 0.2) is 18.2 Å². The average molecular weight is 337 g/mol. The van der Waals surface area contributed by atoms with Crippen LogP contribution >= 0.6 is 0 Å². The van der Waals surface area contributed by atoms with Crippen LogP contribution < -0.4 is 10.6 Å². The summed E-state index contributed by atoms with van der Waals surface area (Å²) in [6.07, 6.45) is 0.0387. The number of hydrogen-bond acceptors (Lipinski definition) is 5. The third-order valence-corrected chi connectivity index (χ3v) is 2.97. The van der Waals surface area contributed by atoms with E-state index in [1.165, 1.54) is 18.2 Å². The SMILES string of the molecule is Cc1cc([N+](=O)[O-])ccc1C(=O)NCCCNC(=O)OC(C)(C)C. The molecule has 1 aromatic rings. The normalized spacial score (nSPS) is 10.8. The monoisotopic (exact) mass is 337 g/mol. The van der Waals surface area contributed by atoms with Gasteiger partial charge < -0.3 is 15.4 Å². The largest absolute Gasteiger partial charge is 0.444 e. The number of nitro benzene ring substituents is 1. The van der Waals surface area contributed by atoms with Crippen molar-refractivity contribution in [2.45, 2.75) is 39.7 Å². The molecule has 0 atom stereocenters. The number of nitrogens with zero attached hydrogens (tertiary/aromatic N) is 1. The predicted molar refractivity (Wildman–Crippen MR) is 89.0 cm³/mol. The first kappa shape index (κ1) is 19.4. The maximum absolute atomic E-state index is 12.0.